The Labute approximate surface area is 247 Å². The number of benzene rings is 2. The van der Waals surface area contributed by atoms with Crippen LogP contribution in [0.5, 0.6) is 0 Å². The fraction of sp³-hybridized carbons (Fsp3) is 0.515. The number of hydrogen-bond acceptors (Lipinski definition) is 0. The maximum atomic E-state index is 2.68. The predicted octanol–water partition coefficient (Wildman–Crippen LogP) is 2.86. The van der Waals surface area contributed by atoms with E-state index >= 15 is 0 Å². The Hall–Kier alpha value is -0.400. The van der Waals surface area contributed by atoms with E-state index in [9.17, 15) is 0 Å². The van der Waals surface area contributed by atoms with E-state index in [0.29, 0.717) is 5.92 Å². The summed E-state index contributed by atoms with van der Waals surface area (Å²) in [6.45, 7) is 29.0. The number of hydrogen-bond donors (Lipinski definition) is 0. The summed E-state index contributed by atoms with van der Waals surface area (Å²) in [5, 5.41) is 0. The Kier molecular flexibility index (Phi) is 9.96. The van der Waals surface area contributed by atoms with Gasteiger partial charge in [0.2, 0.25) is 0 Å². The van der Waals surface area contributed by atoms with Crippen LogP contribution >= 0.6 is 0 Å². The number of halogens is 2. The summed E-state index contributed by atoms with van der Waals surface area (Å²) in [7, 11) is 0. The molecule has 0 nitrogen and oxygen atoms in total. The van der Waals surface area contributed by atoms with Crippen molar-refractivity contribution in [3.8, 4) is 11.1 Å². The fourth-order valence-corrected chi connectivity index (χ4v) is 22.9. The minimum Gasteiger partial charge on any atom is -1.00 e. The molecule has 0 aromatic heterocycles. The van der Waals surface area contributed by atoms with Gasteiger partial charge in [0.05, 0.1) is 0 Å². The molecule has 2 aliphatic carbocycles. The van der Waals surface area contributed by atoms with Crippen LogP contribution in [0.4, 0.5) is 0 Å². The van der Waals surface area contributed by atoms with Crippen LogP contribution in [0, 0.1) is 11.3 Å². The molecular formula is C33H46Cl2SiZr. The van der Waals surface area contributed by atoms with Crippen LogP contribution < -0.4 is 28.1 Å². The normalized spacial score (nSPS) is 16.5. The van der Waals surface area contributed by atoms with Crippen LogP contribution in [0.3, 0.4) is 0 Å². The summed E-state index contributed by atoms with van der Waals surface area (Å²) in [5.41, 5.74) is 10.9. The first-order valence-corrected chi connectivity index (χ1v) is 22.1. The summed E-state index contributed by atoms with van der Waals surface area (Å²) < 4.78 is 3.65. The molecule has 0 amide bonds. The Bertz CT molecular complexity index is 1290. The molecule has 1 unspecified atom stereocenters. The molecule has 0 saturated carbocycles. The molecule has 0 radical (unpaired) electrons. The Morgan fingerprint density at radius 3 is 1.81 bits per heavy atom. The smallest absolute Gasteiger partial charge is 1.00 e. The first-order valence-electron chi connectivity index (χ1n) is 13.4. The van der Waals surface area contributed by atoms with E-state index in [-0.39, 0.29) is 41.1 Å². The maximum Gasteiger partial charge on any atom is -1.00 e. The van der Waals surface area contributed by atoms with Crippen LogP contribution in [0.25, 0.3) is 11.1 Å². The van der Waals surface area contributed by atoms with Crippen molar-refractivity contribution in [2.75, 3.05) is 0 Å². The second-order valence-electron chi connectivity index (χ2n) is 14.2. The third-order valence-corrected chi connectivity index (χ3v) is 24.9. The van der Waals surface area contributed by atoms with Gasteiger partial charge >= 0.3 is 225 Å². The third-order valence-electron chi connectivity index (χ3n) is 7.90. The average molecular weight is 633 g/mol. The molecule has 0 saturated heterocycles. The predicted molar refractivity (Wildman–Crippen MR) is 154 cm³/mol. The molecular weight excluding hydrogens is 587 g/mol. The van der Waals surface area contributed by atoms with Gasteiger partial charge in [-0.3, -0.25) is 0 Å². The van der Waals surface area contributed by atoms with Gasteiger partial charge in [0, 0.05) is 0 Å². The van der Waals surface area contributed by atoms with Crippen LogP contribution in [0.15, 0.2) is 51.3 Å². The van der Waals surface area contributed by atoms with Gasteiger partial charge in [-0.1, -0.05) is 0 Å². The molecule has 0 bridgehead atoms. The van der Waals surface area contributed by atoms with Crippen molar-refractivity contribution < 1.29 is 45.2 Å². The monoisotopic (exact) mass is 630 g/mol. The van der Waals surface area contributed by atoms with E-state index in [4.69, 9.17) is 0 Å². The fourth-order valence-electron chi connectivity index (χ4n) is 5.58. The van der Waals surface area contributed by atoms with Gasteiger partial charge in [0.25, 0.3) is 0 Å². The van der Waals surface area contributed by atoms with Crippen molar-refractivity contribution in [1.29, 1.82) is 0 Å². The standard InChI is InChI=1S/C21H25.C10H15.C2H6Si.2ClH.Zr/c1-20(2,3)16-9-7-14-11-15-8-10-17(21(4,5)6)13-19(15)18(14)12-16;1-8-5-6-9(7-8)10(2,3)4;1-3-2;;;/h7,9-10,12-13H,11H2,1-6H3;6-8H,1-4H3;1-2H3;2*1H;/q;;;;;+2/p-2. The Balaban J connectivity index is 0.00000241. The number of allylic oxidation sites excluding steroid dienone is 4. The zero-order valence-electron chi connectivity index (χ0n) is 25.1. The van der Waals surface area contributed by atoms with Gasteiger partial charge in [0.15, 0.2) is 0 Å². The molecule has 2 aliphatic rings. The zero-order valence-corrected chi connectivity index (χ0v) is 30.1. The minimum atomic E-state index is -2.06. The van der Waals surface area contributed by atoms with Crippen molar-refractivity contribution in [1.82, 2.24) is 0 Å². The molecule has 1 atom stereocenters. The maximum absolute atomic E-state index is 2.68. The molecule has 2 aromatic rings. The van der Waals surface area contributed by atoms with Crippen molar-refractivity contribution in [2.45, 2.75) is 99.6 Å². The van der Waals surface area contributed by atoms with Gasteiger partial charge in [-0.05, 0) is 0 Å². The van der Waals surface area contributed by atoms with Gasteiger partial charge < -0.3 is 24.8 Å². The topological polar surface area (TPSA) is 0 Å². The van der Waals surface area contributed by atoms with E-state index in [2.05, 4.69) is 125 Å². The molecule has 0 N–H and O–H groups in total. The molecule has 2 aromatic carbocycles. The minimum absolute atomic E-state index is 0. The van der Waals surface area contributed by atoms with Crippen molar-refractivity contribution in [3.05, 3.63) is 73.6 Å². The molecule has 0 aliphatic heterocycles. The van der Waals surface area contributed by atoms with Crippen LogP contribution in [-0.2, 0) is 37.6 Å². The molecule has 0 spiro atoms. The van der Waals surface area contributed by atoms with E-state index < -0.39 is 25.8 Å². The summed E-state index contributed by atoms with van der Waals surface area (Å²) in [4.78, 5) is 0. The van der Waals surface area contributed by atoms with Crippen molar-refractivity contribution >= 4 is 8.70 Å². The Morgan fingerprint density at radius 2 is 1.32 bits per heavy atom. The second kappa shape index (κ2) is 11.2. The largest absolute Gasteiger partial charge is 1.00 e. The van der Waals surface area contributed by atoms with E-state index in [0.717, 1.165) is 6.42 Å². The SMILES string of the molecule is CC1C=C(C(C)(C)C)C=[C]1[Zr+2]([c]1cc(C(C)(C)C)cc2c1Cc1ccc(C(C)(C)C)cc1-2)=[Si](C)C.[Cl-].[Cl-]. The van der Waals surface area contributed by atoms with Gasteiger partial charge in [-0.25, -0.2) is 0 Å². The van der Waals surface area contributed by atoms with Crippen molar-refractivity contribution in [2.24, 2.45) is 11.3 Å². The zero-order chi connectivity index (χ0) is 26.1. The number of rotatable bonds is 2. The first-order chi connectivity index (χ1) is 16.0. The quantitative estimate of drug-likeness (QED) is 0.382. The second-order valence-corrected chi connectivity index (χ2v) is 31.2. The number of fused-ring (bicyclic) bond motifs is 3. The van der Waals surface area contributed by atoms with Crippen LogP contribution in [-0.4, -0.2) is 5.43 Å². The van der Waals surface area contributed by atoms with E-state index in [1.54, 1.807) is 16.7 Å². The summed E-state index contributed by atoms with van der Waals surface area (Å²) in [6, 6.07) is 12.6. The van der Waals surface area contributed by atoms with Gasteiger partial charge in [-0.15, -0.1) is 0 Å². The van der Waals surface area contributed by atoms with Gasteiger partial charge in [0.1, 0.15) is 0 Å². The molecule has 0 fully saturated rings. The molecule has 200 valence electrons. The summed E-state index contributed by atoms with van der Waals surface area (Å²) >= 11 is -2.06. The van der Waals surface area contributed by atoms with Crippen LogP contribution in [0.2, 0.25) is 13.1 Å². The molecule has 4 heteroatoms. The average Bonchev–Trinajstić information content (AvgIpc) is 3.27. The summed E-state index contributed by atoms with van der Waals surface area (Å²) in [6.07, 6.45) is 6.36. The molecule has 37 heavy (non-hydrogen) atoms. The summed E-state index contributed by atoms with van der Waals surface area (Å²) in [5.74, 6) is 0.601. The molecule has 4 rings (SSSR count). The van der Waals surface area contributed by atoms with Crippen LogP contribution in [0.1, 0.15) is 91.5 Å². The Morgan fingerprint density at radius 1 is 0.757 bits per heavy atom. The third kappa shape index (κ3) is 6.51. The molecule has 0 heterocycles. The first kappa shape index (κ1) is 32.8. The van der Waals surface area contributed by atoms with E-state index in [1.807, 2.05) is 6.55 Å². The van der Waals surface area contributed by atoms with Gasteiger partial charge in [-0.2, -0.15) is 0 Å². The van der Waals surface area contributed by atoms with E-state index in [1.165, 1.54) is 22.3 Å². The van der Waals surface area contributed by atoms with Crippen molar-refractivity contribution in [3.63, 3.8) is 0 Å².